The van der Waals surface area contributed by atoms with Gasteiger partial charge in [0.1, 0.15) is 0 Å². The lowest BCUT2D eigenvalue weighted by Gasteiger charge is -2.24. The maximum atomic E-state index is 12.6. The molecule has 6 nitrogen and oxygen atoms in total. The molecule has 1 aliphatic heterocycles. The molecule has 1 aromatic carbocycles. The van der Waals surface area contributed by atoms with Crippen molar-refractivity contribution in [1.82, 2.24) is 15.1 Å². The summed E-state index contributed by atoms with van der Waals surface area (Å²) in [5.41, 5.74) is 6.92. The monoisotopic (exact) mass is 406 g/mol. The highest BCUT2D eigenvalue weighted by atomic mass is 19.4. The largest absolute Gasteiger partial charge is 0.416 e. The average Bonchev–Trinajstić information content (AvgIpc) is 3.09. The molecule has 0 radical (unpaired) electrons. The summed E-state index contributed by atoms with van der Waals surface area (Å²) in [4.78, 5) is 23.7. The number of benzene rings is 1. The Morgan fingerprint density at radius 3 is 2.62 bits per heavy atom. The molecule has 3 N–H and O–H groups in total. The third-order valence-corrected chi connectivity index (χ3v) is 5.03. The Morgan fingerprint density at radius 1 is 1.31 bits per heavy atom. The Kier molecular flexibility index (Phi) is 5.76. The van der Waals surface area contributed by atoms with E-state index in [9.17, 15) is 22.8 Å². The summed E-state index contributed by atoms with van der Waals surface area (Å²) in [5.74, 6) is -0.705. The highest BCUT2D eigenvalue weighted by Gasteiger charge is 2.30. The van der Waals surface area contributed by atoms with Crippen molar-refractivity contribution in [2.45, 2.75) is 32.5 Å². The summed E-state index contributed by atoms with van der Waals surface area (Å²) in [6, 6.07) is 4.67. The van der Waals surface area contributed by atoms with Gasteiger partial charge < -0.3 is 11.1 Å². The second-order valence-corrected chi connectivity index (χ2v) is 7.10. The predicted molar refractivity (Wildman–Crippen MR) is 101 cm³/mol. The van der Waals surface area contributed by atoms with Crippen molar-refractivity contribution < 1.29 is 22.8 Å². The predicted octanol–water partition coefficient (Wildman–Crippen LogP) is 2.78. The molecule has 2 amide bonds. The topological polar surface area (TPSA) is 90.0 Å². The van der Waals surface area contributed by atoms with Crippen LogP contribution in [0.25, 0.3) is 5.57 Å². The van der Waals surface area contributed by atoms with Crippen molar-refractivity contribution in [2.24, 2.45) is 11.7 Å². The SMILES string of the molecule is C/C(=C\C(=O)NCC1CCn2ncc(C(N)=O)c2C1)c1ccc(C(F)(F)F)cc1. The smallest absolute Gasteiger partial charge is 0.365 e. The summed E-state index contributed by atoms with van der Waals surface area (Å²) >= 11 is 0. The molecule has 0 bridgehead atoms. The Hall–Kier alpha value is -3.10. The lowest BCUT2D eigenvalue weighted by atomic mass is 9.94. The van der Waals surface area contributed by atoms with Crippen LogP contribution in [-0.2, 0) is 23.9 Å². The number of amides is 2. The molecule has 0 fully saturated rings. The van der Waals surface area contributed by atoms with E-state index in [-0.39, 0.29) is 11.8 Å². The van der Waals surface area contributed by atoms with Gasteiger partial charge in [-0.1, -0.05) is 12.1 Å². The summed E-state index contributed by atoms with van der Waals surface area (Å²) in [6.45, 7) is 2.73. The van der Waals surface area contributed by atoms with Crippen molar-refractivity contribution in [1.29, 1.82) is 0 Å². The number of aromatic nitrogens is 2. The van der Waals surface area contributed by atoms with Crippen molar-refractivity contribution in [3.63, 3.8) is 0 Å². The van der Waals surface area contributed by atoms with E-state index in [2.05, 4.69) is 10.4 Å². The van der Waals surface area contributed by atoms with Crippen molar-refractivity contribution in [3.05, 3.63) is 58.9 Å². The molecule has 9 heteroatoms. The molecule has 2 aromatic rings. The molecule has 2 heterocycles. The number of primary amides is 1. The van der Waals surface area contributed by atoms with Crippen LogP contribution in [0.2, 0.25) is 0 Å². The molecule has 1 aromatic heterocycles. The zero-order chi connectivity index (χ0) is 21.2. The van der Waals surface area contributed by atoms with Crippen LogP contribution >= 0.6 is 0 Å². The molecule has 3 rings (SSSR count). The normalized spacial score (nSPS) is 17.0. The van der Waals surface area contributed by atoms with Crippen LogP contribution in [0.15, 0.2) is 36.5 Å². The van der Waals surface area contributed by atoms with Crippen LogP contribution < -0.4 is 11.1 Å². The van der Waals surface area contributed by atoms with Gasteiger partial charge in [0.2, 0.25) is 5.91 Å². The fourth-order valence-corrected chi connectivity index (χ4v) is 3.38. The molecule has 1 aliphatic rings. The quantitative estimate of drug-likeness (QED) is 0.749. The number of alkyl halides is 3. The molecule has 0 saturated carbocycles. The van der Waals surface area contributed by atoms with E-state index in [0.717, 1.165) is 24.2 Å². The first-order chi connectivity index (χ1) is 13.6. The first-order valence-corrected chi connectivity index (χ1v) is 9.13. The number of halogens is 3. The number of allylic oxidation sites excluding steroid dienone is 1. The van der Waals surface area contributed by atoms with Gasteiger partial charge in [0, 0.05) is 19.2 Å². The van der Waals surface area contributed by atoms with Gasteiger partial charge in [-0.25, -0.2) is 0 Å². The fraction of sp³-hybridized carbons (Fsp3) is 0.350. The minimum Gasteiger partial charge on any atom is -0.365 e. The molecular formula is C20H21F3N4O2. The number of fused-ring (bicyclic) bond motifs is 1. The van der Waals surface area contributed by atoms with E-state index in [1.54, 1.807) is 11.6 Å². The van der Waals surface area contributed by atoms with Gasteiger partial charge in [0.05, 0.1) is 23.0 Å². The van der Waals surface area contributed by atoms with Gasteiger partial charge in [0.25, 0.3) is 5.91 Å². The standard InChI is InChI=1S/C20H21F3N4O2/c1-12(14-2-4-15(5-3-14)20(21,22)23)8-18(28)25-10-13-6-7-27-17(9-13)16(11-26-27)19(24)29/h2-5,8,11,13H,6-7,9-10H2,1H3,(H2,24,29)(H,25,28)/b12-8+. The molecule has 0 saturated heterocycles. The van der Waals surface area contributed by atoms with E-state index in [4.69, 9.17) is 5.73 Å². The number of nitrogens with zero attached hydrogens (tertiary/aromatic N) is 2. The van der Waals surface area contributed by atoms with Gasteiger partial charge in [-0.3, -0.25) is 14.3 Å². The van der Waals surface area contributed by atoms with Crippen molar-refractivity contribution >= 4 is 17.4 Å². The van der Waals surface area contributed by atoms with E-state index in [1.807, 2.05) is 0 Å². The molecule has 1 unspecified atom stereocenters. The summed E-state index contributed by atoms with van der Waals surface area (Å²) in [6.07, 6.45) is -0.175. The van der Waals surface area contributed by atoms with Gasteiger partial charge in [-0.05, 0) is 49.0 Å². The third kappa shape index (κ3) is 4.85. The first-order valence-electron chi connectivity index (χ1n) is 9.13. The number of rotatable bonds is 5. The number of hydrogen-bond acceptors (Lipinski definition) is 3. The fourth-order valence-electron chi connectivity index (χ4n) is 3.38. The highest BCUT2D eigenvalue weighted by molar-refractivity contribution is 5.95. The van der Waals surface area contributed by atoms with Crippen molar-refractivity contribution in [2.75, 3.05) is 6.54 Å². The lowest BCUT2D eigenvalue weighted by Crippen LogP contribution is -2.33. The van der Waals surface area contributed by atoms with Gasteiger partial charge in [-0.2, -0.15) is 18.3 Å². The molecule has 154 valence electrons. The molecule has 0 spiro atoms. The summed E-state index contributed by atoms with van der Waals surface area (Å²) < 4.78 is 39.7. The van der Waals surface area contributed by atoms with Crippen LogP contribution in [-0.4, -0.2) is 28.1 Å². The Labute approximate surface area is 165 Å². The Morgan fingerprint density at radius 2 is 2.00 bits per heavy atom. The van der Waals surface area contributed by atoms with Gasteiger partial charge >= 0.3 is 6.18 Å². The maximum absolute atomic E-state index is 12.6. The minimum atomic E-state index is -4.39. The Bertz CT molecular complexity index is 946. The summed E-state index contributed by atoms with van der Waals surface area (Å²) in [5, 5.41) is 6.97. The van der Waals surface area contributed by atoms with E-state index in [1.165, 1.54) is 24.4 Å². The number of carbonyl (C=O) groups is 2. The van der Waals surface area contributed by atoms with Gasteiger partial charge in [-0.15, -0.1) is 0 Å². The van der Waals surface area contributed by atoms with Crippen LogP contribution in [0.4, 0.5) is 13.2 Å². The number of nitrogens with two attached hydrogens (primary N) is 1. The highest BCUT2D eigenvalue weighted by Crippen LogP contribution is 2.30. The third-order valence-electron chi connectivity index (χ3n) is 5.03. The zero-order valence-electron chi connectivity index (χ0n) is 15.8. The summed E-state index contributed by atoms with van der Waals surface area (Å²) in [7, 11) is 0. The van der Waals surface area contributed by atoms with Crippen molar-refractivity contribution in [3.8, 4) is 0 Å². The van der Waals surface area contributed by atoms with E-state index >= 15 is 0 Å². The molecule has 29 heavy (non-hydrogen) atoms. The van der Waals surface area contributed by atoms with Crippen LogP contribution in [0.5, 0.6) is 0 Å². The molecule has 0 aliphatic carbocycles. The second-order valence-electron chi connectivity index (χ2n) is 7.10. The first kappa shape index (κ1) is 20.6. The maximum Gasteiger partial charge on any atom is 0.416 e. The second kappa shape index (κ2) is 8.10. The van der Waals surface area contributed by atoms with Gasteiger partial charge in [0.15, 0.2) is 0 Å². The minimum absolute atomic E-state index is 0.140. The molecular weight excluding hydrogens is 385 g/mol. The molecule has 1 atom stereocenters. The van der Waals surface area contributed by atoms with Crippen LogP contribution in [0.1, 0.15) is 40.5 Å². The average molecular weight is 406 g/mol. The van der Waals surface area contributed by atoms with E-state index in [0.29, 0.717) is 36.2 Å². The van der Waals surface area contributed by atoms with Crippen LogP contribution in [0.3, 0.4) is 0 Å². The number of aryl methyl sites for hydroxylation is 1. The van der Waals surface area contributed by atoms with E-state index < -0.39 is 17.6 Å². The van der Waals surface area contributed by atoms with Crippen LogP contribution in [0, 0.1) is 5.92 Å². The lowest BCUT2D eigenvalue weighted by molar-refractivity contribution is -0.137. The number of nitrogens with one attached hydrogen (secondary N) is 1. The zero-order valence-corrected chi connectivity index (χ0v) is 15.8. The number of carbonyl (C=O) groups excluding carboxylic acids is 2. The number of hydrogen-bond donors (Lipinski definition) is 2. The Balaban J connectivity index is 1.58.